The summed E-state index contributed by atoms with van der Waals surface area (Å²) < 4.78 is 2.43. The summed E-state index contributed by atoms with van der Waals surface area (Å²) in [4.78, 5) is 30.3. The lowest BCUT2D eigenvalue weighted by Gasteiger charge is -2.38. The predicted molar refractivity (Wildman–Crippen MR) is 154 cm³/mol. The standard InChI is InChI=1S/C32H47N5O2/c1-20-8-9-23(21(2)12-20)15-28(38)26-17-36(19-29(39)35(6)7)18-27(26)31-34-33-30(37(31)25-10-11-25)24-13-22(14-24)16-32(3,4)5/h8-9,12,22,24-27H,10-11,13-19H2,1-7H3/t22?,24?,26-,27-/m0/s1. The van der Waals surface area contributed by atoms with Crippen LogP contribution < -0.4 is 0 Å². The molecule has 2 heterocycles. The minimum absolute atomic E-state index is 0.0366. The molecule has 1 aromatic heterocycles. The SMILES string of the molecule is Cc1ccc(CC(=O)[C@H]2CN(CC(=O)N(C)C)C[C@@H]2c2nnc(C3CC(CC(C)(C)C)C3)n2C2CC2)c(C)c1. The number of amides is 1. The molecule has 2 atom stereocenters. The first-order valence-corrected chi connectivity index (χ1v) is 14.9. The molecule has 0 spiro atoms. The van der Waals surface area contributed by atoms with Gasteiger partial charge in [0.25, 0.3) is 0 Å². The van der Waals surface area contributed by atoms with Gasteiger partial charge >= 0.3 is 0 Å². The first-order valence-electron chi connectivity index (χ1n) is 14.9. The van der Waals surface area contributed by atoms with Crippen LogP contribution in [0.15, 0.2) is 18.2 Å². The number of Topliss-reactive ketones (excluding diaryl/α,β-unsaturated/α-hetero) is 1. The van der Waals surface area contributed by atoms with Gasteiger partial charge in [-0.2, -0.15) is 0 Å². The van der Waals surface area contributed by atoms with Gasteiger partial charge in [-0.3, -0.25) is 14.5 Å². The van der Waals surface area contributed by atoms with Crippen LogP contribution in [0.3, 0.4) is 0 Å². The first-order chi connectivity index (χ1) is 18.4. The van der Waals surface area contributed by atoms with Crippen molar-refractivity contribution < 1.29 is 9.59 Å². The number of carbonyl (C=O) groups is 2. The van der Waals surface area contributed by atoms with Gasteiger partial charge in [-0.1, -0.05) is 44.5 Å². The number of benzene rings is 1. The van der Waals surface area contributed by atoms with Crippen molar-refractivity contribution >= 4 is 11.7 Å². The molecule has 5 rings (SSSR count). The van der Waals surface area contributed by atoms with Gasteiger partial charge in [0.05, 0.1) is 6.54 Å². The molecule has 0 unspecified atom stereocenters. The highest BCUT2D eigenvalue weighted by atomic mass is 16.2. The maximum atomic E-state index is 13.9. The average Bonchev–Trinajstić information content (AvgIpc) is 3.43. The lowest BCUT2D eigenvalue weighted by Crippen LogP contribution is -2.36. The third-order valence-electron chi connectivity index (χ3n) is 9.02. The van der Waals surface area contributed by atoms with E-state index in [1.807, 2.05) is 0 Å². The van der Waals surface area contributed by atoms with Crippen LogP contribution in [0.5, 0.6) is 0 Å². The molecule has 1 saturated heterocycles. The zero-order chi connectivity index (χ0) is 28.1. The van der Waals surface area contributed by atoms with Gasteiger partial charge in [-0.05, 0) is 68.4 Å². The Hall–Kier alpha value is -2.54. The van der Waals surface area contributed by atoms with Gasteiger partial charge in [0.15, 0.2) is 0 Å². The van der Waals surface area contributed by atoms with E-state index in [0.717, 1.165) is 41.5 Å². The highest BCUT2D eigenvalue weighted by Gasteiger charge is 2.45. The van der Waals surface area contributed by atoms with Crippen LogP contribution in [0.2, 0.25) is 0 Å². The monoisotopic (exact) mass is 533 g/mol. The molecular weight excluding hydrogens is 486 g/mol. The van der Waals surface area contributed by atoms with E-state index in [9.17, 15) is 9.59 Å². The summed E-state index contributed by atoms with van der Waals surface area (Å²) >= 11 is 0. The molecule has 3 fully saturated rings. The molecule has 1 aliphatic heterocycles. The number of ketones is 1. The van der Waals surface area contributed by atoms with Gasteiger partial charge in [-0.15, -0.1) is 10.2 Å². The van der Waals surface area contributed by atoms with Gasteiger partial charge in [-0.25, -0.2) is 0 Å². The summed E-state index contributed by atoms with van der Waals surface area (Å²) in [6.45, 7) is 12.8. The molecule has 2 aromatic rings. The molecule has 1 aromatic carbocycles. The van der Waals surface area contributed by atoms with E-state index in [1.54, 1.807) is 19.0 Å². The second-order valence-electron chi connectivity index (χ2n) is 14.1. The molecule has 7 nitrogen and oxygen atoms in total. The van der Waals surface area contributed by atoms with E-state index in [1.165, 1.54) is 24.8 Å². The Kier molecular flexibility index (Phi) is 7.75. The molecular formula is C32H47N5O2. The third kappa shape index (κ3) is 6.29. The highest BCUT2D eigenvalue weighted by molar-refractivity contribution is 5.85. The zero-order valence-corrected chi connectivity index (χ0v) is 25.0. The fraction of sp³-hybridized carbons (Fsp3) is 0.688. The highest BCUT2D eigenvalue weighted by Crippen LogP contribution is 2.49. The summed E-state index contributed by atoms with van der Waals surface area (Å²) in [6.07, 6.45) is 6.36. The minimum atomic E-state index is -0.190. The topological polar surface area (TPSA) is 71.3 Å². The maximum Gasteiger partial charge on any atom is 0.236 e. The summed E-state index contributed by atoms with van der Waals surface area (Å²) in [6, 6.07) is 6.79. The van der Waals surface area contributed by atoms with Crippen LogP contribution in [-0.2, 0) is 16.0 Å². The largest absolute Gasteiger partial charge is 0.348 e. The van der Waals surface area contributed by atoms with Crippen molar-refractivity contribution in [2.24, 2.45) is 17.3 Å². The van der Waals surface area contributed by atoms with Crippen LogP contribution in [0, 0.1) is 31.1 Å². The van der Waals surface area contributed by atoms with Crippen molar-refractivity contribution in [3.63, 3.8) is 0 Å². The van der Waals surface area contributed by atoms with Gasteiger partial charge in [0.2, 0.25) is 5.91 Å². The average molecular weight is 534 g/mol. The molecule has 2 aliphatic carbocycles. The fourth-order valence-electron chi connectivity index (χ4n) is 6.83. The Bertz CT molecular complexity index is 1220. The molecule has 7 heteroatoms. The Morgan fingerprint density at radius 1 is 1.03 bits per heavy atom. The van der Waals surface area contributed by atoms with Gasteiger partial charge in [0.1, 0.15) is 17.4 Å². The summed E-state index contributed by atoms with van der Waals surface area (Å²) in [5, 5.41) is 9.62. The number of likely N-dealkylation sites (N-methyl/N-ethyl adjacent to an activating group) is 1. The second-order valence-corrected chi connectivity index (χ2v) is 14.1. The van der Waals surface area contributed by atoms with Crippen LogP contribution in [0.1, 0.15) is 99.1 Å². The van der Waals surface area contributed by atoms with Crippen LogP contribution in [0.4, 0.5) is 0 Å². The molecule has 0 bridgehead atoms. The predicted octanol–water partition coefficient (Wildman–Crippen LogP) is 5.08. The lowest BCUT2D eigenvalue weighted by atomic mass is 9.68. The van der Waals surface area contributed by atoms with E-state index < -0.39 is 0 Å². The number of aromatic nitrogens is 3. The Morgan fingerprint density at radius 2 is 1.72 bits per heavy atom. The Labute approximate surface area is 234 Å². The smallest absolute Gasteiger partial charge is 0.236 e. The second kappa shape index (κ2) is 10.8. The van der Waals surface area contributed by atoms with Crippen molar-refractivity contribution in [1.29, 1.82) is 0 Å². The van der Waals surface area contributed by atoms with Gasteiger partial charge < -0.3 is 9.47 Å². The number of hydrogen-bond donors (Lipinski definition) is 0. The number of aryl methyl sites for hydroxylation is 2. The number of hydrogen-bond acceptors (Lipinski definition) is 5. The summed E-state index contributed by atoms with van der Waals surface area (Å²) in [5.74, 6) is 3.43. The number of carbonyl (C=O) groups excluding carboxylic acids is 2. The molecule has 3 aliphatic rings. The molecule has 2 saturated carbocycles. The molecule has 212 valence electrons. The number of rotatable bonds is 9. The van der Waals surface area contributed by atoms with E-state index in [0.29, 0.717) is 43.4 Å². The van der Waals surface area contributed by atoms with Crippen molar-refractivity contribution in [2.75, 3.05) is 33.7 Å². The molecule has 0 N–H and O–H groups in total. The number of nitrogens with zero attached hydrogens (tertiary/aromatic N) is 5. The quantitative estimate of drug-likeness (QED) is 0.450. The Morgan fingerprint density at radius 3 is 2.33 bits per heavy atom. The summed E-state index contributed by atoms with van der Waals surface area (Å²) in [5.41, 5.74) is 3.82. The lowest BCUT2D eigenvalue weighted by molar-refractivity contribution is -0.130. The van der Waals surface area contributed by atoms with E-state index in [-0.39, 0.29) is 23.5 Å². The van der Waals surface area contributed by atoms with Gasteiger partial charge in [0, 0.05) is 57.4 Å². The zero-order valence-electron chi connectivity index (χ0n) is 25.0. The first kappa shape index (κ1) is 28.0. The normalized spacial score (nSPS) is 25.5. The molecule has 0 radical (unpaired) electrons. The third-order valence-corrected chi connectivity index (χ3v) is 9.02. The van der Waals surface area contributed by atoms with Crippen molar-refractivity contribution in [3.8, 4) is 0 Å². The van der Waals surface area contributed by atoms with E-state index in [4.69, 9.17) is 10.2 Å². The minimum Gasteiger partial charge on any atom is -0.348 e. The van der Waals surface area contributed by atoms with Crippen molar-refractivity contribution in [1.82, 2.24) is 24.6 Å². The maximum absolute atomic E-state index is 13.9. The summed E-state index contributed by atoms with van der Waals surface area (Å²) in [7, 11) is 3.58. The number of likely N-dealkylation sites (tertiary alicyclic amines) is 1. The molecule has 39 heavy (non-hydrogen) atoms. The van der Waals surface area contributed by atoms with Crippen molar-refractivity contribution in [3.05, 3.63) is 46.5 Å². The van der Waals surface area contributed by atoms with Crippen molar-refractivity contribution in [2.45, 2.75) is 91.0 Å². The Balaban J connectivity index is 1.40. The van der Waals surface area contributed by atoms with E-state index in [2.05, 4.69) is 62.3 Å². The van der Waals surface area contributed by atoms with E-state index >= 15 is 0 Å². The van der Waals surface area contributed by atoms with Crippen LogP contribution in [0.25, 0.3) is 0 Å². The van der Waals surface area contributed by atoms with Crippen LogP contribution >= 0.6 is 0 Å². The fourth-order valence-corrected chi connectivity index (χ4v) is 6.83. The molecule has 1 amide bonds. The van der Waals surface area contributed by atoms with Crippen LogP contribution in [-0.4, -0.2) is 70.0 Å².